The van der Waals surface area contributed by atoms with Gasteiger partial charge in [0.1, 0.15) is 96.2 Å². The number of phenolic OH excluding ortho intramolecular Hbond substituents is 5. The number of phenols is 5. The monoisotopic (exact) mass is 964 g/mol. The van der Waals surface area contributed by atoms with Gasteiger partial charge in [0.25, 0.3) is 0 Å². The third kappa shape index (κ3) is 10.1. The molecule has 0 saturated carbocycles. The predicted molar refractivity (Wildman–Crippen MR) is 222 cm³/mol. The summed E-state index contributed by atoms with van der Waals surface area (Å²) in [6.07, 6.45) is -27.7. The molecule has 15 atom stereocenters. The molecule has 0 bridgehead atoms. The molecule has 3 aliphatic rings. The molecular formula is C43H48O25. The van der Waals surface area contributed by atoms with Gasteiger partial charge in [0.2, 0.25) is 17.5 Å². The Kier molecular flexibility index (Phi) is 15.3. The Morgan fingerprint density at radius 2 is 1.25 bits per heavy atom. The SMILES string of the molecule is COc1cc(C=CC(=O)OC[C@H]2O[C@@H](O[C@H]3[C@H](O[C@H]4[C@H](Oc5c(-c6ccc(O)c(O)c6)oc6cc(O)cc(O)c6c5=O)O[C@H](CO)[C@@H](O)[C@@H]4O)O[C@H](CO)[C@@H](O)[C@@H]3O)[C@H](O)[C@@H](O)[C@@H]2O)ccc1O. The third-order valence-electron chi connectivity index (χ3n) is 11.3. The van der Waals surface area contributed by atoms with Gasteiger partial charge in [-0.05, 0) is 42.0 Å². The van der Waals surface area contributed by atoms with Crippen LogP contribution in [0.1, 0.15) is 5.56 Å². The van der Waals surface area contributed by atoms with Crippen molar-refractivity contribution in [3.63, 3.8) is 0 Å². The van der Waals surface area contributed by atoms with Crippen LogP contribution < -0.4 is 14.9 Å². The van der Waals surface area contributed by atoms with Gasteiger partial charge in [0, 0.05) is 23.8 Å². The number of benzene rings is 3. The van der Waals surface area contributed by atoms with Crippen molar-refractivity contribution in [1.82, 2.24) is 0 Å². The number of carbonyl (C=O) groups is 1. The van der Waals surface area contributed by atoms with Crippen LogP contribution >= 0.6 is 0 Å². The zero-order valence-corrected chi connectivity index (χ0v) is 35.3. The molecule has 3 aromatic carbocycles. The maximum atomic E-state index is 14.2. The summed E-state index contributed by atoms with van der Waals surface area (Å²) in [5.74, 6) is -5.04. The number of hydrogen-bond donors (Lipinski definition) is 14. The van der Waals surface area contributed by atoms with Gasteiger partial charge in [-0.15, -0.1) is 0 Å². The summed E-state index contributed by atoms with van der Waals surface area (Å²) in [6.45, 7) is -2.74. The van der Waals surface area contributed by atoms with Gasteiger partial charge in [-0.1, -0.05) is 6.07 Å². The lowest BCUT2D eigenvalue weighted by Crippen LogP contribution is -2.67. The molecule has 68 heavy (non-hydrogen) atoms. The lowest BCUT2D eigenvalue weighted by Gasteiger charge is -2.48. The quantitative estimate of drug-likeness (QED) is 0.0342. The maximum Gasteiger partial charge on any atom is 0.330 e. The largest absolute Gasteiger partial charge is 0.508 e. The molecule has 0 aliphatic carbocycles. The minimum absolute atomic E-state index is 0.117. The second kappa shape index (κ2) is 20.8. The van der Waals surface area contributed by atoms with Gasteiger partial charge >= 0.3 is 5.97 Å². The fourth-order valence-electron chi connectivity index (χ4n) is 7.60. The van der Waals surface area contributed by atoms with E-state index in [1.54, 1.807) is 0 Å². The van der Waals surface area contributed by atoms with Gasteiger partial charge in [0.05, 0.1) is 20.3 Å². The molecule has 3 fully saturated rings. The minimum Gasteiger partial charge on any atom is -0.508 e. The Bertz CT molecular complexity index is 2510. The molecule has 7 rings (SSSR count). The van der Waals surface area contributed by atoms with Gasteiger partial charge in [0.15, 0.2) is 47.4 Å². The average Bonchev–Trinajstić information content (AvgIpc) is 3.31. The number of fused-ring (bicyclic) bond motifs is 1. The Hall–Kier alpha value is -5.88. The summed E-state index contributed by atoms with van der Waals surface area (Å²) in [4.78, 5) is 26.8. The van der Waals surface area contributed by atoms with Gasteiger partial charge in [-0.3, -0.25) is 4.79 Å². The molecule has 14 N–H and O–H groups in total. The molecule has 25 heteroatoms. The number of carbonyl (C=O) groups excluding carboxylic acids is 1. The molecule has 1 aromatic heterocycles. The van der Waals surface area contributed by atoms with E-state index in [2.05, 4.69) is 0 Å². The van der Waals surface area contributed by atoms with E-state index in [4.69, 9.17) is 42.3 Å². The summed E-state index contributed by atoms with van der Waals surface area (Å²) in [5.41, 5.74) is -1.31. The smallest absolute Gasteiger partial charge is 0.330 e. The van der Waals surface area contributed by atoms with Crippen molar-refractivity contribution in [2.75, 3.05) is 26.9 Å². The number of rotatable bonds is 14. The fourth-order valence-corrected chi connectivity index (χ4v) is 7.60. The lowest BCUT2D eigenvalue weighted by atomic mass is 9.96. The standard InChI is InChI=1S/C43H48O25/c1-60-22-8-15(2-5-19(22)48)3-7-27(51)61-14-26-31(54)33(56)36(59)41(65-26)67-39-34(57)29(52)25(13-45)64-43(39)68-40-35(58)30(53)24(12-44)63-42(40)66-38-32(55)28-21(50)10-17(46)11-23(28)62-37(38)16-4-6-18(47)20(49)9-16/h2-11,24-26,29-31,33-36,39-50,52-54,56-59H,12-14H2,1H3/t24-,25-,26-,29-,30-,31-,33+,34+,35+,36-,39-,40-,41+,42+,43+/m1/s1. The Labute approximate surface area is 382 Å². The first kappa shape index (κ1) is 50.0. The molecule has 370 valence electrons. The Morgan fingerprint density at radius 3 is 1.90 bits per heavy atom. The van der Waals surface area contributed by atoms with Crippen molar-refractivity contribution in [1.29, 1.82) is 0 Å². The molecule has 4 aromatic rings. The van der Waals surface area contributed by atoms with Crippen molar-refractivity contribution < 1.29 is 119 Å². The Morgan fingerprint density at radius 1 is 0.647 bits per heavy atom. The van der Waals surface area contributed by atoms with E-state index >= 15 is 0 Å². The van der Waals surface area contributed by atoms with E-state index in [0.29, 0.717) is 5.56 Å². The van der Waals surface area contributed by atoms with Gasteiger partial charge in [-0.2, -0.15) is 0 Å². The number of methoxy groups -OCH3 is 1. The van der Waals surface area contributed by atoms with Crippen LogP contribution in [0.3, 0.4) is 0 Å². The van der Waals surface area contributed by atoms with E-state index in [0.717, 1.165) is 30.3 Å². The van der Waals surface area contributed by atoms with Crippen LogP contribution in [-0.4, -0.2) is 197 Å². The number of hydrogen-bond acceptors (Lipinski definition) is 25. The van der Waals surface area contributed by atoms with Crippen LogP contribution in [0.4, 0.5) is 0 Å². The number of aromatic hydroxyl groups is 5. The fraction of sp³-hybridized carbons (Fsp3) is 0.442. The van der Waals surface area contributed by atoms with E-state index in [9.17, 15) is 81.1 Å². The number of ether oxygens (including phenoxy) is 8. The van der Waals surface area contributed by atoms with Crippen LogP contribution in [0.5, 0.6) is 40.2 Å². The number of aliphatic hydroxyl groups excluding tert-OH is 9. The normalized spacial score (nSPS) is 32.0. The zero-order valence-electron chi connectivity index (χ0n) is 35.3. The molecule has 0 radical (unpaired) electrons. The Balaban J connectivity index is 1.18. The topological polar surface area (TPSA) is 404 Å². The highest BCUT2D eigenvalue weighted by molar-refractivity contribution is 5.88. The van der Waals surface area contributed by atoms with E-state index in [-0.39, 0.29) is 17.1 Å². The average molecular weight is 965 g/mol. The van der Waals surface area contributed by atoms with E-state index in [1.807, 2.05) is 0 Å². The first-order valence-electron chi connectivity index (χ1n) is 20.5. The second-order valence-corrected chi connectivity index (χ2v) is 15.8. The molecule has 0 unspecified atom stereocenters. The van der Waals surface area contributed by atoms with Crippen LogP contribution in [0.15, 0.2) is 63.8 Å². The van der Waals surface area contributed by atoms with Crippen LogP contribution in [0.2, 0.25) is 0 Å². The van der Waals surface area contributed by atoms with Crippen molar-refractivity contribution in [2.24, 2.45) is 0 Å². The number of esters is 1. The highest BCUT2D eigenvalue weighted by Crippen LogP contribution is 2.41. The lowest BCUT2D eigenvalue weighted by molar-refractivity contribution is -0.389. The summed E-state index contributed by atoms with van der Waals surface area (Å²) in [6, 6.07) is 9.09. The van der Waals surface area contributed by atoms with Crippen molar-refractivity contribution in [2.45, 2.75) is 92.1 Å². The van der Waals surface area contributed by atoms with Crippen molar-refractivity contribution >= 4 is 23.0 Å². The molecule has 25 nitrogen and oxygen atoms in total. The minimum atomic E-state index is -2.18. The molecule has 3 saturated heterocycles. The highest BCUT2D eigenvalue weighted by Gasteiger charge is 2.55. The second-order valence-electron chi connectivity index (χ2n) is 15.8. The summed E-state index contributed by atoms with van der Waals surface area (Å²) < 4.78 is 51.0. The summed E-state index contributed by atoms with van der Waals surface area (Å²) >= 11 is 0. The third-order valence-corrected chi connectivity index (χ3v) is 11.3. The van der Waals surface area contributed by atoms with Gasteiger partial charge < -0.3 is 114 Å². The molecule has 0 amide bonds. The van der Waals surface area contributed by atoms with Crippen LogP contribution in [-0.2, 0) is 33.2 Å². The zero-order chi connectivity index (χ0) is 49.3. The molecule has 4 heterocycles. The summed E-state index contributed by atoms with van der Waals surface area (Å²) in [7, 11) is 1.32. The van der Waals surface area contributed by atoms with Crippen molar-refractivity contribution in [3.8, 4) is 51.6 Å². The maximum absolute atomic E-state index is 14.2. The predicted octanol–water partition coefficient (Wildman–Crippen LogP) is -2.91. The number of aliphatic hydroxyl groups is 9. The first-order valence-corrected chi connectivity index (χ1v) is 20.5. The first-order chi connectivity index (χ1) is 32.3. The molecule has 3 aliphatic heterocycles. The van der Waals surface area contributed by atoms with Crippen LogP contribution in [0, 0.1) is 0 Å². The summed E-state index contributed by atoms with van der Waals surface area (Å²) in [5, 5.41) is 148. The van der Waals surface area contributed by atoms with E-state index < -0.39 is 169 Å². The van der Waals surface area contributed by atoms with Crippen molar-refractivity contribution in [3.05, 3.63) is 70.4 Å². The highest BCUT2D eigenvalue weighted by atomic mass is 16.8. The molecule has 0 spiro atoms. The van der Waals surface area contributed by atoms with Gasteiger partial charge in [-0.25, -0.2) is 4.79 Å². The van der Waals surface area contributed by atoms with E-state index in [1.165, 1.54) is 37.5 Å². The molecular weight excluding hydrogens is 916 g/mol. The van der Waals surface area contributed by atoms with Crippen LogP contribution in [0.25, 0.3) is 28.4 Å².